The van der Waals surface area contributed by atoms with Crippen LogP contribution in [0.5, 0.6) is 0 Å². The molecule has 1 aliphatic rings. The number of hydrogen-bond donors (Lipinski definition) is 2. The summed E-state index contributed by atoms with van der Waals surface area (Å²) in [5.41, 5.74) is 0. The van der Waals surface area contributed by atoms with Crippen LogP contribution in [0.3, 0.4) is 0 Å². The smallest absolute Gasteiger partial charge is 0.373 e. The minimum absolute atomic E-state index is 0.0405. The molecule has 0 aromatic carbocycles. The molecule has 0 bridgehead atoms. The van der Waals surface area contributed by atoms with E-state index in [2.05, 4.69) is 17.1 Å². The zero-order valence-corrected chi connectivity index (χ0v) is 3.60. The van der Waals surface area contributed by atoms with Gasteiger partial charge in [-0.3, -0.25) is 0 Å². The highest BCUT2D eigenvalue weighted by Crippen LogP contribution is 1.70. The van der Waals surface area contributed by atoms with Gasteiger partial charge in [-0.1, -0.05) is 6.08 Å². The summed E-state index contributed by atoms with van der Waals surface area (Å²) in [5, 5.41) is 8.50. The Kier molecular flexibility index (Phi) is 0.886. The molecular weight excluding hydrogens is 90.1 g/mol. The minimum atomic E-state index is 0.0405. The van der Waals surface area contributed by atoms with Gasteiger partial charge in [-0.2, -0.15) is 4.99 Å². The van der Waals surface area contributed by atoms with Gasteiger partial charge in [0.15, 0.2) is 0 Å². The largest absolute Gasteiger partial charge is 0.459 e. The van der Waals surface area contributed by atoms with E-state index in [1.54, 1.807) is 0 Å². The Morgan fingerprint density at radius 3 is 3.00 bits per heavy atom. The Hall–Kier alpha value is -1.14. The van der Waals surface area contributed by atoms with Crippen molar-refractivity contribution in [2.24, 2.45) is 0 Å². The number of aliphatic hydroxyl groups excluding tert-OH is 1. The van der Waals surface area contributed by atoms with E-state index < -0.39 is 0 Å². The normalized spacial score (nSPS) is 15.7. The van der Waals surface area contributed by atoms with Gasteiger partial charge in [-0.05, 0) is 0 Å². The molecule has 2 N–H and O–H groups in total. The second-order valence-electron chi connectivity index (χ2n) is 1.09. The summed E-state index contributed by atoms with van der Waals surface area (Å²) in [4.78, 5) is 2.48. The van der Waals surface area contributed by atoms with Crippen molar-refractivity contribution in [1.82, 2.24) is 0 Å². The van der Waals surface area contributed by atoms with Crippen molar-refractivity contribution in [3.8, 4) is 0 Å². The number of allylic oxidation sites excluding steroid dienone is 2. The van der Waals surface area contributed by atoms with Gasteiger partial charge in [0, 0.05) is 6.08 Å². The van der Waals surface area contributed by atoms with Crippen LogP contribution in [0.15, 0.2) is 12.3 Å². The highest BCUT2D eigenvalue weighted by Gasteiger charge is 1.94. The van der Waals surface area contributed by atoms with Gasteiger partial charge in [0.1, 0.15) is 6.08 Å². The van der Waals surface area contributed by atoms with Crippen LogP contribution in [0.1, 0.15) is 0 Å². The SMILES string of the molecule is OC1=[NH+]C=[C+]C=[C-]1. The first-order valence-corrected chi connectivity index (χ1v) is 1.88. The lowest BCUT2D eigenvalue weighted by Crippen LogP contribution is -2.66. The van der Waals surface area contributed by atoms with Crippen LogP contribution in [0, 0.1) is 12.2 Å². The molecule has 0 saturated carbocycles. The summed E-state index contributed by atoms with van der Waals surface area (Å²) >= 11 is 0. The van der Waals surface area contributed by atoms with E-state index in [4.69, 9.17) is 5.11 Å². The molecule has 0 aromatic heterocycles. The molecule has 0 amide bonds. The third-order valence-corrected chi connectivity index (χ3v) is 0.584. The van der Waals surface area contributed by atoms with Gasteiger partial charge < -0.3 is 5.11 Å². The Morgan fingerprint density at radius 2 is 2.71 bits per heavy atom. The van der Waals surface area contributed by atoms with E-state index in [0.717, 1.165) is 0 Å². The second kappa shape index (κ2) is 1.54. The Balaban J connectivity index is 2.82. The van der Waals surface area contributed by atoms with Crippen LogP contribution in [0.4, 0.5) is 0 Å². The van der Waals surface area contributed by atoms with Crippen molar-refractivity contribution in [2.75, 3.05) is 0 Å². The average molecular weight is 94.1 g/mol. The maximum absolute atomic E-state index is 8.50. The van der Waals surface area contributed by atoms with Crippen molar-refractivity contribution in [3.63, 3.8) is 0 Å². The highest BCUT2D eigenvalue weighted by molar-refractivity contribution is 5.76. The lowest BCUT2D eigenvalue weighted by Gasteiger charge is -1.78. The van der Waals surface area contributed by atoms with Gasteiger partial charge in [0.25, 0.3) is 0 Å². The zero-order chi connectivity index (χ0) is 5.11. The van der Waals surface area contributed by atoms with E-state index in [-0.39, 0.29) is 5.90 Å². The number of hydrogen-bond acceptors (Lipinski definition) is 0. The fourth-order valence-electron chi connectivity index (χ4n) is 0.303. The summed E-state index contributed by atoms with van der Waals surface area (Å²) in [7, 11) is 0. The maximum atomic E-state index is 8.50. The van der Waals surface area contributed by atoms with Crippen molar-refractivity contribution in [3.05, 3.63) is 24.4 Å². The van der Waals surface area contributed by atoms with Crippen molar-refractivity contribution in [1.29, 1.82) is 0 Å². The highest BCUT2D eigenvalue weighted by atomic mass is 16.3. The van der Waals surface area contributed by atoms with E-state index in [0.29, 0.717) is 0 Å². The molecule has 1 aliphatic heterocycles. The molecule has 7 heavy (non-hydrogen) atoms. The second-order valence-corrected chi connectivity index (χ2v) is 1.09. The summed E-state index contributed by atoms with van der Waals surface area (Å²) < 4.78 is 0. The molecule has 2 heteroatoms. The van der Waals surface area contributed by atoms with Crippen molar-refractivity contribution >= 4 is 5.90 Å². The standard InChI is InChI=1S/C5H3NO/c7-5-3-1-2-4-6-5/h1,4H,(H,6,7)/p+1. The van der Waals surface area contributed by atoms with Crippen LogP contribution in [-0.4, -0.2) is 11.0 Å². The summed E-state index contributed by atoms with van der Waals surface area (Å²) in [6, 6.07) is 0. The van der Waals surface area contributed by atoms with Crippen LogP contribution >= 0.6 is 0 Å². The topological polar surface area (TPSA) is 34.2 Å². The van der Waals surface area contributed by atoms with Gasteiger partial charge in [-0.25, -0.2) is 0 Å². The third-order valence-electron chi connectivity index (χ3n) is 0.584. The predicted octanol–water partition coefficient (Wildman–Crippen LogP) is -1.29. The van der Waals surface area contributed by atoms with Crippen LogP contribution in [0.2, 0.25) is 0 Å². The Labute approximate surface area is 41.5 Å². The van der Waals surface area contributed by atoms with Crippen LogP contribution < -0.4 is 4.99 Å². The van der Waals surface area contributed by atoms with E-state index in [1.165, 1.54) is 12.3 Å². The fourth-order valence-corrected chi connectivity index (χ4v) is 0.303. The van der Waals surface area contributed by atoms with Crippen molar-refractivity contribution < 1.29 is 10.1 Å². The molecule has 0 unspecified atom stereocenters. The van der Waals surface area contributed by atoms with Gasteiger partial charge in [-0.15, -0.1) is 0 Å². The molecule has 0 aliphatic carbocycles. The molecule has 1 heterocycles. The quantitative estimate of drug-likeness (QED) is 0.360. The number of nitrogens with one attached hydrogen (secondary N) is 1. The average Bonchev–Trinajstić information content (AvgIpc) is 1.69. The lowest BCUT2D eigenvalue weighted by atomic mass is 10.4. The molecule has 0 atom stereocenters. The molecule has 1 rings (SSSR count). The molecule has 0 radical (unpaired) electrons. The first kappa shape index (κ1) is 4.03. The van der Waals surface area contributed by atoms with Crippen LogP contribution in [-0.2, 0) is 0 Å². The van der Waals surface area contributed by atoms with Gasteiger partial charge in [0.05, 0.1) is 0 Å². The Morgan fingerprint density at radius 1 is 1.86 bits per heavy atom. The molecule has 0 aromatic rings. The van der Waals surface area contributed by atoms with E-state index in [1.807, 2.05) is 0 Å². The lowest BCUT2D eigenvalue weighted by molar-refractivity contribution is -0.384. The first-order chi connectivity index (χ1) is 3.39. The Bertz CT molecular complexity index is 144. The van der Waals surface area contributed by atoms with Gasteiger partial charge >= 0.3 is 5.90 Å². The molecule has 34 valence electrons. The first-order valence-electron chi connectivity index (χ1n) is 1.88. The molecule has 0 spiro atoms. The monoisotopic (exact) mass is 94.0 g/mol. The summed E-state index contributed by atoms with van der Waals surface area (Å²) in [6.45, 7) is 0. The molecule has 0 fully saturated rings. The van der Waals surface area contributed by atoms with Crippen LogP contribution in [0.25, 0.3) is 0 Å². The van der Waals surface area contributed by atoms with Gasteiger partial charge in [0.2, 0.25) is 6.20 Å². The number of aliphatic hydroxyl groups is 1. The summed E-state index contributed by atoms with van der Waals surface area (Å²) in [6.07, 6.45) is 8.15. The molecule has 0 saturated heterocycles. The predicted molar refractivity (Wildman–Crippen MR) is 24.2 cm³/mol. The molecular formula is C5H4NO+. The molecule has 2 nitrogen and oxygen atoms in total. The maximum Gasteiger partial charge on any atom is 0.373 e. The fraction of sp³-hybridized carbons (Fsp3) is 0. The van der Waals surface area contributed by atoms with E-state index >= 15 is 0 Å². The van der Waals surface area contributed by atoms with Crippen molar-refractivity contribution in [2.45, 2.75) is 0 Å². The zero-order valence-electron chi connectivity index (χ0n) is 3.60. The third kappa shape index (κ3) is 0.845. The van der Waals surface area contributed by atoms with E-state index in [9.17, 15) is 0 Å². The minimum Gasteiger partial charge on any atom is -0.459 e. The number of rotatable bonds is 0. The summed E-state index contributed by atoms with van der Waals surface area (Å²) in [5.74, 6) is 0.0405.